The van der Waals surface area contributed by atoms with Crippen molar-refractivity contribution in [2.24, 2.45) is 0 Å². The van der Waals surface area contributed by atoms with E-state index in [0.29, 0.717) is 27.8 Å². The zero-order chi connectivity index (χ0) is 24.5. The number of methoxy groups -OCH3 is 1. The summed E-state index contributed by atoms with van der Waals surface area (Å²) in [5.74, 6) is 0.880. The Bertz CT molecular complexity index is 1400. The largest absolute Gasteiger partial charge is 0.465 e. The van der Waals surface area contributed by atoms with Crippen molar-refractivity contribution in [2.75, 3.05) is 12.0 Å². The Morgan fingerprint density at radius 1 is 1.03 bits per heavy atom. The van der Waals surface area contributed by atoms with Gasteiger partial charge in [-0.25, -0.2) is 4.79 Å². The molecule has 1 aliphatic heterocycles. The summed E-state index contributed by atoms with van der Waals surface area (Å²) < 4.78 is 11.4. The fourth-order valence-electron chi connectivity index (χ4n) is 4.44. The summed E-state index contributed by atoms with van der Waals surface area (Å²) in [4.78, 5) is 19.0. The lowest BCUT2D eigenvalue weighted by Gasteiger charge is -2.26. The minimum Gasteiger partial charge on any atom is -0.465 e. The topological polar surface area (TPSA) is 67.6 Å². The summed E-state index contributed by atoms with van der Waals surface area (Å²) in [6.45, 7) is 4.18. The van der Waals surface area contributed by atoms with Crippen LogP contribution in [0.2, 0.25) is 0 Å². The SMILES string of the molecule is COC(=O)c1ccccc1-c1ccc(C2C(c3ccccn3)NC(=S)N2c2ccc(C)c(C)c2)o1. The summed E-state index contributed by atoms with van der Waals surface area (Å²) >= 11 is 5.81. The van der Waals surface area contributed by atoms with E-state index in [1.807, 2.05) is 42.5 Å². The van der Waals surface area contributed by atoms with Gasteiger partial charge in [0.25, 0.3) is 0 Å². The molecule has 2 aromatic heterocycles. The van der Waals surface area contributed by atoms with Crippen molar-refractivity contribution in [1.82, 2.24) is 10.3 Å². The van der Waals surface area contributed by atoms with Crippen molar-refractivity contribution in [3.8, 4) is 11.3 Å². The van der Waals surface area contributed by atoms with Crippen LogP contribution in [0.1, 0.15) is 45.0 Å². The molecule has 5 rings (SSSR count). The number of nitrogens with zero attached hydrogens (tertiary/aromatic N) is 2. The number of thiocarbonyl (C=S) groups is 1. The molecule has 2 unspecified atom stereocenters. The van der Waals surface area contributed by atoms with Gasteiger partial charge in [0.1, 0.15) is 17.6 Å². The number of ether oxygens (including phenoxy) is 1. The molecule has 1 aliphatic rings. The molecule has 35 heavy (non-hydrogen) atoms. The monoisotopic (exact) mass is 483 g/mol. The average Bonchev–Trinajstić information content (AvgIpc) is 3.50. The van der Waals surface area contributed by atoms with Crippen LogP contribution < -0.4 is 10.2 Å². The number of furan rings is 1. The van der Waals surface area contributed by atoms with Crippen LogP contribution in [0.15, 0.2) is 83.4 Å². The quantitative estimate of drug-likeness (QED) is 0.279. The molecule has 0 spiro atoms. The summed E-state index contributed by atoms with van der Waals surface area (Å²) in [5.41, 5.74) is 5.34. The molecule has 1 N–H and O–H groups in total. The highest BCUT2D eigenvalue weighted by Crippen LogP contribution is 2.43. The van der Waals surface area contributed by atoms with Crippen LogP contribution in [-0.2, 0) is 4.74 Å². The van der Waals surface area contributed by atoms with Crippen LogP contribution in [-0.4, -0.2) is 23.2 Å². The number of pyridine rings is 1. The lowest BCUT2D eigenvalue weighted by molar-refractivity contribution is 0.0601. The third-order valence-electron chi connectivity index (χ3n) is 6.38. The number of esters is 1. The molecule has 0 bridgehead atoms. The van der Waals surface area contributed by atoms with Crippen LogP contribution in [0.5, 0.6) is 0 Å². The molecule has 7 heteroatoms. The summed E-state index contributed by atoms with van der Waals surface area (Å²) in [5, 5.41) is 4.05. The van der Waals surface area contributed by atoms with Crippen LogP contribution in [0, 0.1) is 13.8 Å². The third-order valence-corrected chi connectivity index (χ3v) is 6.70. The Morgan fingerprint density at radius 3 is 2.57 bits per heavy atom. The van der Waals surface area contributed by atoms with Crippen LogP contribution in [0.4, 0.5) is 5.69 Å². The number of rotatable bonds is 5. The predicted octanol–water partition coefficient (Wildman–Crippen LogP) is 5.92. The first-order chi connectivity index (χ1) is 17.0. The summed E-state index contributed by atoms with van der Waals surface area (Å²) in [7, 11) is 1.37. The van der Waals surface area contributed by atoms with Gasteiger partial charge in [-0.1, -0.05) is 30.3 Å². The predicted molar refractivity (Wildman–Crippen MR) is 139 cm³/mol. The number of benzene rings is 2. The average molecular weight is 484 g/mol. The van der Waals surface area contributed by atoms with Gasteiger partial charge in [0.15, 0.2) is 5.11 Å². The van der Waals surface area contributed by atoms with E-state index in [4.69, 9.17) is 21.4 Å². The first kappa shape index (κ1) is 22.8. The molecule has 1 saturated heterocycles. The van der Waals surface area contributed by atoms with Crippen LogP contribution in [0.25, 0.3) is 11.3 Å². The van der Waals surface area contributed by atoms with E-state index in [2.05, 4.69) is 47.2 Å². The van der Waals surface area contributed by atoms with E-state index < -0.39 is 5.97 Å². The summed E-state index contributed by atoms with van der Waals surface area (Å²) in [6, 6.07) is 22.7. The Hall–Kier alpha value is -3.97. The number of aryl methyl sites for hydroxylation is 2. The van der Waals surface area contributed by atoms with E-state index in [-0.39, 0.29) is 12.1 Å². The number of carbonyl (C=O) groups is 1. The van der Waals surface area contributed by atoms with Gasteiger partial charge in [-0.2, -0.15) is 0 Å². The van der Waals surface area contributed by atoms with Gasteiger partial charge in [-0.15, -0.1) is 0 Å². The van der Waals surface area contributed by atoms with Gasteiger partial charge in [0.2, 0.25) is 0 Å². The van der Waals surface area contributed by atoms with E-state index in [9.17, 15) is 4.79 Å². The maximum Gasteiger partial charge on any atom is 0.338 e. The van der Waals surface area contributed by atoms with E-state index in [1.54, 1.807) is 18.3 Å². The number of nitrogens with one attached hydrogen (secondary N) is 1. The molecule has 176 valence electrons. The van der Waals surface area contributed by atoms with Crippen molar-refractivity contribution in [2.45, 2.75) is 25.9 Å². The molecular weight excluding hydrogens is 458 g/mol. The zero-order valence-corrected chi connectivity index (χ0v) is 20.5. The normalized spacial score (nSPS) is 17.3. The van der Waals surface area contributed by atoms with Crippen LogP contribution >= 0.6 is 12.2 Å². The molecule has 6 nitrogen and oxygen atoms in total. The molecule has 0 amide bonds. The van der Waals surface area contributed by atoms with Crippen molar-refractivity contribution in [3.05, 3.63) is 107 Å². The highest BCUT2D eigenvalue weighted by Gasteiger charge is 2.42. The van der Waals surface area contributed by atoms with Gasteiger partial charge in [0, 0.05) is 17.4 Å². The number of anilines is 1. The van der Waals surface area contributed by atoms with E-state index >= 15 is 0 Å². The lowest BCUT2D eigenvalue weighted by Crippen LogP contribution is -2.29. The second-order valence-electron chi connectivity index (χ2n) is 8.50. The zero-order valence-electron chi connectivity index (χ0n) is 19.7. The molecular formula is C28H25N3O3S. The smallest absolute Gasteiger partial charge is 0.338 e. The Balaban J connectivity index is 1.62. The standard InChI is InChI=1S/C28H25N3O3S/c1-17-11-12-19(16-18(17)2)31-26(25(30-28(31)35)22-10-6-7-15-29-22)24-14-13-23(34-24)20-8-4-5-9-21(20)27(32)33-3/h4-16,25-26H,1-3H3,(H,30,35). The number of carbonyl (C=O) groups excluding carboxylic acids is 1. The molecule has 4 aromatic rings. The van der Waals surface area contributed by atoms with Gasteiger partial charge < -0.3 is 19.4 Å². The minimum atomic E-state index is -0.412. The maximum absolute atomic E-state index is 12.3. The molecule has 0 saturated carbocycles. The third kappa shape index (κ3) is 4.19. The van der Waals surface area contributed by atoms with Gasteiger partial charge in [-0.05, 0) is 79.7 Å². The van der Waals surface area contributed by atoms with E-state index in [1.165, 1.54) is 18.2 Å². The fraction of sp³-hybridized carbons (Fsp3) is 0.179. The molecule has 1 fully saturated rings. The highest BCUT2D eigenvalue weighted by molar-refractivity contribution is 7.80. The van der Waals surface area contributed by atoms with Crippen molar-refractivity contribution in [1.29, 1.82) is 0 Å². The van der Waals surface area contributed by atoms with Crippen molar-refractivity contribution >= 4 is 29.0 Å². The Labute approximate surface area is 209 Å². The lowest BCUT2D eigenvalue weighted by atomic mass is 10.0. The number of hydrogen-bond acceptors (Lipinski definition) is 5. The molecule has 0 aliphatic carbocycles. The van der Waals surface area contributed by atoms with E-state index in [0.717, 1.165) is 11.4 Å². The molecule has 3 heterocycles. The molecule has 2 aromatic carbocycles. The fourth-order valence-corrected chi connectivity index (χ4v) is 4.79. The second kappa shape index (κ2) is 9.35. The van der Waals surface area contributed by atoms with Gasteiger partial charge >= 0.3 is 5.97 Å². The first-order valence-electron chi connectivity index (χ1n) is 11.3. The van der Waals surface area contributed by atoms with Crippen LogP contribution in [0.3, 0.4) is 0 Å². The summed E-state index contributed by atoms with van der Waals surface area (Å²) in [6.07, 6.45) is 1.77. The Morgan fingerprint density at radius 2 is 1.83 bits per heavy atom. The van der Waals surface area contributed by atoms with Gasteiger partial charge in [0.05, 0.1) is 24.4 Å². The van der Waals surface area contributed by atoms with Crippen molar-refractivity contribution < 1.29 is 13.9 Å². The Kier molecular flexibility index (Phi) is 6.09. The van der Waals surface area contributed by atoms with Crippen molar-refractivity contribution in [3.63, 3.8) is 0 Å². The molecule has 0 radical (unpaired) electrons. The number of aromatic nitrogens is 1. The van der Waals surface area contributed by atoms with Gasteiger partial charge in [-0.3, -0.25) is 4.98 Å². The second-order valence-corrected chi connectivity index (χ2v) is 8.89. The highest BCUT2D eigenvalue weighted by atomic mass is 32.1. The molecule has 2 atom stereocenters. The number of hydrogen-bond donors (Lipinski definition) is 1. The maximum atomic E-state index is 12.3. The minimum absolute atomic E-state index is 0.222. The first-order valence-corrected chi connectivity index (χ1v) is 11.7.